The van der Waals surface area contributed by atoms with Crippen LogP contribution in [-0.2, 0) is 4.74 Å². The third-order valence-electron chi connectivity index (χ3n) is 3.28. The molecule has 6 heteroatoms. The number of morpholine rings is 1. The molecule has 0 aromatic heterocycles. The lowest BCUT2D eigenvalue weighted by atomic mass is 10.1. The number of nitrogens with two attached hydrogens (primary N) is 1. The van der Waals surface area contributed by atoms with Crippen molar-refractivity contribution < 1.29 is 13.9 Å². The maximum atomic E-state index is 13.3. The number of rotatable bonds is 2. The van der Waals surface area contributed by atoms with Gasteiger partial charge in [0, 0.05) is 11.0 Å². The Kier molecular flexibility index (Phi) is 4.42. The highest BCUT2D eigenvalue weighted by Gasteiger charge is 2.28. The van der Waals surface area contributed by atoms with E-state index in [2.05, 4.69) is 15.9 Å². The van der Waals surface area contributed by atoms with Gasteiger partial charge in [0.05, 0.1) is 30.5 Å². The molecule has 0 radical (unpaired) electrons. The van der Waals surface area contributed by atoms with Crippen LogP contribution in [0.1, 0.15) is 23.7 Å². The molecule has 1 amide bonds. The van der Waals surface area contributed by atoms with Crippen molar-refractivity contribution in [2.75, 3.05) is 25.5 Å². The Morgan fingerprint density at radius 1 is 1.63 bits per heavy atom. The van der Waals surface area contributed by atoms with Gasteiger partial charge in [-0.2, -0.15) is 0 Å². The van der Waals surface area contributed by atoms with E-state index >= 15 is 0 Å². The topological polar surface area (TPSA) is 55.6 Å². The van der Waals surface area contributed by atoms with E-state index in [0.717, 1.165) is 6.42 Å². The number of nitrogens with zero attached hydrogens (tertiary/aromatic N) is 1. The largest absolute Gasteiger partial charge is 0.396 e. The third-order valence-corrected chi connectivity index (χ3v) is 3.93. The summed E-state index contributed by atoms with van der Waals surface area (Å²) in [5.41, 5.74) is 5.90. The molecule has 1 heterocycles. The van der Waals surface area contributed by atoms with Gasteiger partial charge < -0.3 is 15.4 Å². The summed E-state index contributed by atoms with van der Waals surface area (Å²) in [6, 6.07) is 2.66. The van der Waals surface area contributed by atoms with Crippen LogP contribution in [0.3, 0.4) is 0 Å². The first-order valence-corrected chi connectivity index (χ1v) is 6.97. The van der Waals surface area contributed by atoms with E-state index in [4.69, 9.17) is 10.5 Å². The van der Waals surface area contributed by atoms with Crippen LogP contribution in [0.25, 0.3) is 0 Å². The van der Waals surface area contributed by atoms with Gasteiger partial charge >= 0.3 is 0 Å². The lowest BCUT2D eigenvalue weighted by molar-refractivity contribution is -0.00284. The summed E-state index contributed by atoms with van der Waals surface area (Å²) in [5, 5.41) is 0. The molecule has 1 unspecified atom stereocenters. The number of anilines is 1. The SMILES string of the molecule is CCC1COCCN1C(=O)c1cc(N)c(F)cc1Br. The first kappa shape index (κ1) is 14.3. The van der Waals surface area contributed by atoms with Crippen LogP contribution in [0.15, 0.2) is 16.6 Å². The molecule has 1 aromatic rings. The van der Waals surface area contributed by atoms with Crippen molar-refractivity contribution in [1.29, 1.82) is 0 Å². The Labute approximate surface area is 119 Å². The molecular weight excluding hydrogens is 315 g/mol. The number of carbonyl (C=O) groups excluding carboxylic acids is 1. The van der Waals surface area contributed by atoms with Crippen LogP contribution >= 0.6 is 15.9 Å². The Morgan fingerprint density at radius 2 is 2.37 bits per heavy atom. The second kappa shape index (κ2) is 5.88. The Bertz CT molecular complexity index is 496. The summed E-state index contributed by atoms with van der Waals surface area (Å²) < 4.78 is 19.1. The molecule has 0 spiro atoms. The van der Waals surface area contributed by atoms with Gasteiger partial charge in [0.25, 0.3) is 5.91 Å². The van der Waals surface area contributed by atoms with E-state index in [0.29, 0.717) is 29.8 Å². The standard InChI is InChI=1S/C13H16BrFN2O2/c1-2-8-7-19-4-3-17(8)13(18)9-5-12(16)11(15)6-10(9)14/h5-6,8H,2-4,7,16H2,1H3. The van der Waals surface area contributed by atoms with E-state index in [1.54, 1.807) is 4.90 Å². The van der Waals surface area contributed by atoms with Gasteiger partial charge in [-0.25, -0.2) is 4.39 Å². The van der Waals surface area contributed by atoms with Crippen molar-refractivity contribution in [3.05, 3.63) is 28.0 Å². The molecule has 0 aliphatic carbocycles. The molecule has 1 fully saturated rings. The van der Waals surface area contributed by atoms with Crippen LogP contribution in [-0.4, -0.2) is 36.6 Å². The van der Waals surface area contributed by atoms with Crippen molar-refractivity contribution in [1.82, 2.24) is 4.90 Å². The maximum absolute atomic E-state index is 13.3. The molecule has 1 aliphatic rings. The second-order valence-corrected chi connectivity index (χ2v) is 5.34. The summed E-state index contributed by atoms with van der Waals surface area (Å²) >= 11 is 3.22. The summed E-state index contributed by atoms with van der Waals surface area (Å²) in [6.07, 6.45) is 0.819. The van der Waals surface area contributed by atoms with Gasteiger partial charge in [0.15, 0.2) is 0 Å². The number of hydrogen-bond acceptors (Lipinski definition) is 3. The number of hydrogen-bond donors (Lipinski definition) is 1. The van der Waals surface area contributed by atoms with Gasteiger partial charge in [0.2, 0.25) is 0 Å². The zero-order valence-corrected chi connectivity index (χ0v) is 12.2. The van der Waals surface area contributed by atoms with Crippen LogP contribution in [0, 0.1) is 5.82 Å². The molecule has 2 rings (SSSR count). The van der Waals surface area contributed by atoms with Gasteiger partial charge in [0.1, 0.15) is 5.82 Å². The normalized spacial score (nSPS) is 19.5. The Balaban J connectivity index is 2.30. The summed E-state index contributed by atoms with van der Waals surface area (Å²) in [4.78, 5) is 14.3. The molecule has 1 atom stereocenters. The fourth-order valence-electron chi connectivity index (χ4n) is 2.14. The smallest absolute Gasteiger partial charge is 0.255 e. The zero-order chi connectivity index (χ0) is 14.0. The summed E-state index contributed by atoms with van der Waals surface area (Å²) in [7, 11) is 0. The number of benzene rings is 1. The van der Waals surface area contributed by atoms with E-state index < -0.39 is 5.82 Å². The highest BCUT2D eigenvalue weighted by molar-refractivity contribution is 9.10. The van der Waals surface area contributed by atoms with E-state index in [1.165, 1.54) is 12.1 Å². The third kappa shape index (κ3) is 2.90. The monoisotopic (exact) mass is 330 g/mol. The number of nitrogen functional groups attached to an aromatic ring is 1. The van der Waals surface area contributed by atoms with Crippen molar-refractivity contribution >= 4 is 27.5 Å². The van der Waals surface area contributed by atoms with E-state index in [-0.39, 0.29) is 17.6 Å². The van der Waals surface area contributed by atoms with Crippen molar-refractivity contribution in [3.8, 4) is 0 Å². The number of amides is 1. The Morgan fingerprint density at radius 3 is 3.05 bits per heavy atom. The zero-order valence-electron chi connectivity index (χ0n) is 10.7. The minimum atomic E-state index is -0.530. The molecule has 1 saturated heterocycles. The minimum Gasteiger partial charge on any atom is -0.396 e. The quantitative estimate of drug-likeness (QED) is 0.847. The fourth-order valence-corrected chi connectivity index (χ4v) is 2.63. The maximum Gasteiger partial charge on any atom is 0.255 e. The molecule has 0 bridgehead atoms. The molecular formula is C13H16BrFN2O2. The van der Waals surface area contributed by atoms with Crippen molar-refractivity contribution in [3.63, 3.8) is 0 Å². The highest BCUT2D eigenvalue weighted by atomic mass is 79.9. The van der Waals surface area contributed by atoms with Crippen LogP contribution in [0.2, 0.25) is 0 Å². The molecule has 2 N–H and O–H groups in total. The molecule has 4 nitrogen and oxygen atoms in total. The molecule has 19 heavy (non-hydrogen) atoms. The fraction of sp³-hybridized carbons (Fsp3) is 0.462. The highest BCUT2D eigenvalue weighted by Crippen LogP contribution is 2.25. The predicted octanol–water partition coefficient (Wildman–Crippen LogP) is 2.42. The first-order valence-electron chi connectivity index (χ1n) is 6.17. The van der Waals surface area contributed by atoms with Crippen LogP contribution in [0.4, 0.5) is 10.1 Å². The Hall–Kier alpha value is -1.14. The molecule has 1 aliphatic heterocycles. The van der Waals surface area contributed by atoms with Crippen molar-refractivity contribution in [2.45, 2.75) is 19.4 Å². The number of halogens is 2. The predicted molar refractivity (Wildman–Crippen MR) is 74.4 cm³/mol. The van der Waals surface area contributed by atoms with E-state index in [1.807, 2.05) is 6.92 Å². The number of carbonyl (C=O) groups is 1. The van der Waals surface area contributed by atoms with Crippen LogP contribution in [0.5, 0.6) is 0 Å². The first-order chi connectivity index (χ1) is 9.04. The summed E-state index contributed by atoms with van der Waals surface area (Å²) in [5.74, 6) is -0.675. The van der Waals surface area contributed by atoms with Crippen molar-refractivity contribution in [2.24, 2.45) is 0 Å². The molecule has 104 valence electrons. The van der Waals surface area contributed by atoms with Gasteiger partial charge in [-0.05, 0) is 34.5 Å². The molecule has 0 saturated carbocycles. The lowest BCUT2D eigenvalue weighted by Gasteiger charge is -2.35. The van der Waals surface area contributed by atoms with Crippen LogP contribution < -0.4 is 5.73 Å². The average Bonchev–Trinajstić information content (AvgIpc) is 2.42. The van der Waals surface area contributed by atoms with E-state index in [9.17, 15) is 9.18 Å². The second-order valence-electron chi connectivity index (χ2n) is 4.49. The molecule has 1 aromatic carbocycles. The number of ether oxygens (including phenoxy) is 1. The van der Waals surface area contributed by atoms with Gasteiger partial charge in [-0.3, -0.25) is 4.79 Å². The lowest BCUT2D eigenvalue weighted by Crippen LogP contribution is -2.48. The van der Waals surface area contributed by atoms with Gasteiger partial charge in [-0.1, -0.05) is 6.92 Å². The summed E-state index contributed by atoms with van der Waals surface area (Å²) in [6.45, 7) is 3.61. The average molecular weight is 331 g/mol. The van der Waals surface area contributed by atoms with Gasteiger partial charge in [-0.15, -0.1) is 0 Å². The minimum absolute atomic E-state index is 0.0205.